The van der Waals surface area contributed by atoms with Crippen LogP contribution in [0.5, 0.6) is 0 Å². The van der Waals surface area contributed by atoms with Gasteiger partial charge < -0.3 is 5.73 Å². The maximum absolute atomic E-state index is 12.2. The van der Waals surface area contributed by atoms with Crippen molar-refractivity contribution in [3.63, 3.8) is 0 Å². The maximum atomic E-state index is 12.2. The summed E-state index contributed by atoms with van der Waals surface area (Å²) >= 11 is 0.721. The zero-order valence-corrected chi connectivity index (χ0v) is 12.1. The van der Waals surface area contributed by atoms with Gasteiger partial charge in [-0.2, -0.15) is 13.2 Å². The molecule has 0 fully saturated rings. The lowest BCUT2D eigenvalue weighted by Gasteiger charge is -2.27. The second-order valence-electron chi connectivity index (χ2n) is 4.44. The zero-order valence-electron chi connectivity index (χ0n) is 11.3. The lowest BCUT2D eigenvalue weighted by atomic mass is 9.81. The van der Waals surface area contributed by atoms with Gasteiger partial charge in [-0.05, 0) is 12.8 Å². The first-order valence-electron chi connectivity index (χ1n) is 6.17. The number of nitrogens with zero attached hydrogens (tertiary/aromatic N) is 2. The second kappa shape index (κ2) is 6.49. The number of carbonyl (C=O) groups is 1. The van der Waals surface area contributed by atoms with Gasteiger partial charge in [0.05, 0.1) is 11.8 Å². The van der Waals surface area contributed by atoms with Gasteiger partial charge in [-0.25, -0.2) is 0 Å². The van der Waals surface area contributed by atoms with E-state index in [1.807, 2.05) is 13.8 Å². The number of amides is 1. The number of hydrogen-bond donors (Lipinski definition) is 2. The molecule has 0 radical (unpaired) electrons. The third-order valence-corrected chi connectivity index (χ3v) is 4.10. The molecule has 1 amide bonds. The Morgan fingerprint density at radius 2 is 1.90 bits per heavy atom. The number of anilines is 1. The molecule has 0 spiro atoms. The van der Waals surface area contributed by atoms with Crippen LogP contribution < -0.4 is 11.1 Å². The molecule has 114 valence electrons. The fraction of sp³-hybridized carbons (Fsp3) is 0.727. The van der Waals surface area contributed by atoms with Crippen molar-refractivity contribution in [3.8, 4) is 0 Å². The molecule has 0 bridgehead atoms. The number of rotatable bonds is 6. The monoisotopic (exact) mass is 310 g/mol. The van der Waals surface area contributed by atoms with Gasteiger partial charge in [0.25, 0.3) is 0 Å². The number of aromatic nitrogens is 2. The van der Waals surface area contributed by atoms with Gasteiger partial charge in [0, 0.05) is 6.54 Å². The van der Waals surface area contributed by atoms with E-state index in [0.717, 1.165) is 11.3 Å². The Kier molecular flexibility index (Phi) is 5.46. The van der Waals surface area contributed by atoms with Crippen molar-refractivity contribution in [2.45, 2.75) is 39.3 Å². The molecular weight excluding hydrogens is 293 g/mol. The molecular formula is C11H17F3N4OS. The third kappa shape index (κ3) is 4.14. The molecule has 5 nitrogen and oxygen atoms in total. The first-order chi connectivity index (χ1) is 9.26. The van der Waals surface area contributed by atoms with Crippen LogP contribution in [0, 0.1) is 5.41 Å². The van der Waals surface area contributed by atoms with E-state index in [1.54, 1.807) is 0 Å². The molecule has 9 heteroatoms. The van der Waals surface area contributed by atoms with Crippen molar-refractivity contribution >= 4 is 22.4 Å². The maximum Gasteiger partial charge on any atom is 0.395 e. The number of nitrogens with one attached hydrogen (secondary N) is 1. The lowest BCUT2D eigenvalue weighted by Crippen LogP contribution is -2.41. The van der Waals surface area contributed by atoms with Crippen LogP contribution in [0.2, 0.25) is 0 Å². The van der Waals surface area contributed by atoms with Gasteiger partial charge in [-0.15, -0.1) is 10.2 Å². The van der Waals surface area contributed by atoms with E-state index >= 15 is 0 Å². The first-order valence-corrected chi connectivity index (χ1v) is 6.98. The smallest absolute Gasteiger partial charge is 0.329 e. The van der Waals surface area contributed by atoms with Crippen molar-refractivity contribution in [3.05, 3.63) is 5.01 Å². The summed E-state index contributed by atoms with van der Waals surface area (Å²) in [5, 5.41) is 9.35. The van der Waals surface area contributed by atoms with Crippen molar-refractivity contribution < 1.29 is 18.0 Å². The molecule has 0 aliphatic carbocycles. The number of alkyl halides is 3. The number of hydrogen-bond acceptors (Lipinski definition) is 5. The molecule has 1 aromatic heterocycles. The van der Waals surface area contributed by atoms with E-state index < -0.39 is 18.0 Å². The highest BCUT2D eigenvalue weighted by molar-refractivity contribution is 7.15. The van der Waals surface area contributed by atoms with Gasteiger partial charge in [-0.3, -0.25) is 10.1 Å². The first kappa shape index (κ1) is 16.8. The highest BCUT2D eigenvalue weighted by atomic mass is 32.1. The average molecular weight is 310 g/mol. The summed E-state index contributed by atoms with van der Waals surface area (Å²) in [6.07, 6.45) is -4.40. The van der Waals surface area contributed by atoms with E-state index in [4.69, 9.17) is 5.73 Å². The molecule has 0 saturated heterocycles. The number of carbonyl (C=O) groups excluding carboxylic acids is 1. The lowest BCUT2D eigenvalue weighted by molar-refractivity contribution is -0.127. The summed E-state index contributed by atoms with van der Waals surface area (Å²) in [6.45, 7) is 3.84. The van der Waals surface area contributed by atoms with Gasteiger partial charge in [0.15, 0.2) is 0 Å². The topological polar surface area (TPSA) is 80.9 Å². The van der Waals surface area contributed by atoms with Crippen molar-refractivity contribution in [1.29, 1.82) is 0 Å². The standard InChI is InChI=1S/C11H17F3N4OS/c1-3-10(4-2,6-15)8(19)16-9-18-17-7(20-9)5-11(12,13)14/h3-6,15H2,1-2H3,(H,16,18,19). The fourth-order valence-electron chi connectivity index (χ4n) is 1.73. The minimum absolute atomic E-state index is 0.0639. The molecule has 0 atom stereocenters. The average Bonchev–Trinajstić information content (AvgIpc) is 2.77. The summed E-state index contributed by atoms with van der Waals surface area (Å²) in [6, 6.07) is 0. The predicted molar refractivity (Wildman–Crippen MR) is 70.4 cm³/mol. The summed E-state index contributed by atoms with van der Waals surface area (Å²) in [5.41, 5.74) is 4.90. The van der Waals surface area contributed by atoms with Crippen LogP contribution in [0.4, 0.5) is 18.3 Å². The van der Waals surface area contributed by atoms with Crippen LogP contribution in [0.25, 0.3) is 0 Å². The quantitative estimate of drug-likeness (QED) is 0.845. The SMILES string of the molecule is CCC(CC)(CN)C(=O)Nc1nnc(CC(F)(F)F)s1. The molecule has 1 heterocycles. The molecule has 0 unspecified atom stereocenters. The van der Waals surface area contributed by atoms with Crippen LogP contribution in [0.1, 0.15) is 31.7 Å². The minimum atomic E-state index is -4.34. The van der Waals surface area contributed by atoms with E-state index in [9.17, 15) is 18.0 Å². The second-order valence-corrected chi connectivity index (χ2v) is 5.50. The Balaban J connectivity index is 2.76. The van der Waals surface area contributed by atoms with Crippen molar-refractivity contribution in [2.24, 2.45) is 11.1 Å². The summed E-state index contributed by atoms with van der Waals surface area (Å²) in [4.78, 5) is 12.1. The Morgan fingerprint density at radius 3 is 2.35 bits per heavy atom. The Labute approximate surface area is 118 Å². The van der Waals surface area contributed by atoms with Crippen LogP contribution in [-0.4, -0.2) is 28.8 Å². The predicted octanol–water partition coefficient (Wildman–Crippen LogP) is 2.35. The van der Waals surface area contributed by atoms with Crippen molar-refractivity contribution in [2.75, 3.05) is 11.9 Å². The molecule has 0 aliphatic rings. The van der Waals surface area contributed by atoms with Crippen LogP contribution in [0.3, 0.4) is 0 Å². The fourth-order valence-corrected chi connectivity index (χ4v) is 2.50. The highest BCUT2D eigenvalue weighted by Crippen LogP contribution is 2.29. The minimum Gasteiger partial charge on any atom is -0.329 e. The van der Waals surface area contributed by atoms with Crippen molar-refractivity contribution in [1.82, 2.24) is 10.2 Å². The molecule has 0 aromatic carbocycles. The number of halogens is 3. The molecule has 20 heavy (non-hydrogen) atoms. The molecule has 0 aliphatic heterocycles. The Hall–Kier alpha value is -1.22. The van der Waals surface area contributed by atoms with Gasteiger partial charge in [0.1, 0.15) is 5.01 Å². The third-order valence-electron chi connectivity index (χ3n) is 3.26. The highest BCUT2D eigenvalue weighted by Gasteiger charge is 2.34. The number of nitrogens with two attached hydrogens (primary N) is 1. The Bertz CT molecular complexity index is 449. The largest absolute Gasteiger partial charge is 0.395 e. The van der Waals surface area contributed by atoms with Gasteiger partial charge in [0.2, 0.25) is 11.0 Å². The normalized spacial score (nSPS) is 12.5. The molecule has 1 rings (SSSR count). The molecule has 3 N–H and O–H groups in total. The molecule has 1 aromatic rings. The van der Waals surface area contributed by atoms with E-state index in [1.165, 1.54) is 0 Å². The van der Waals surface area contributed by atoms with Crippen LogP contribution in [0.15, 0.2) is 0 Å². The molecule has 0 saturated carbocycles. The summed E-state index contributed by atoms with van der Waals surface area (Å²) in [5.74, 6) is -0.334. The van der Waals surface area contributed by atoms with E-state index in [-0.39, 0.29) is 22.6 Å². The summed E-state index contributed by atoms with van der Waals surface area (Å²) < 4.78 is 36.6. The summed E-state index contributed by atoms with van der Waals surface area (Å²) in [7, 11) is 0. The van der Waals surface area contributed by atoms with Gasteiger partial charge >= 0.3 is 6.18 Å². The Morgan fingerprint density at radius 1 is 1.30 bits per heavy atom. The van der Waals surface area contributed by atoms with Gasteiger partial charge in [-0.1, -0.05) is 25.2 Å². The van der Waals surface area contributed by atoms with Crippen LogP contribution >= 0.6 is 11.3 Å². The van der Waals surface area contributed by atoms with Crippen LogP contribution in [-0.2, 0) is 11.2 Å². The zero-order chi connectivity index (χ0) is 15.4. The van der Waals surface area contributed by atoms with E-state index in [0.29, 0.717) is 12.8 Å². The van der Waals surface area contributed by atoms with E-state index in [2.05, 4.69) is 15.5 Å².